The van der Waals surface area contributed by atoms with Crippen molar-refractivity contribution in [2.24, 2.45) is 63.4 Å². The van der Waals surface area contributed by atoms with E-state index in [1.165, 1.54) is 0 Å². The average Bonchev–Trinajstić information content (AvgIpc) is 2.80. The highest BCUT2D eigenvalue weighted by molar-refractivity contribution is 6.16. The highest BCUT2D eigenvalue weighted by Gasteiger charge is 2.43. The van der Waals surface area contributed by atoms with Crippen LogP contribution in [0.3, 0.4) is 0 Å². The lowest BCUT2D eigenvalue weighted by Gasteiger charge is -2.45. The first-order chi connectivity index (χ1) is 19.9. The van der Waals surface area contributed by atoms with Crippen LogP contribution in [0.5, 0.6) is 0 Å². The smallest absolute Gasteiger partial charge is 0.0976 e. The van der Waals surface area contributed by atoms with E-state index in [2.05, 4.69) is 77.9 Å². The zero-order valence-corrected chi connectivity index (χ0v) is 28.7. The Morgan fingerprint density at radius 3 is 1.65 bits per heavy atom. The van der Waals surface area contributed by atoms with Gasteiger partial charge in [0.2, 0.25) is 0 Å². The average molecular weight is 596 g/mol. The molecule has 0 saturated heterocycles. The normalized spacial score (nSPS) is 37.7. The van der Waals surface area contributed by atoms with E-state index >= 15 is 0 Å². The number of nitrogens with two attached hydrogens (primary N) is 1. The third-order valence-electron chi connectivity index (χ3n) is 9.79. The van der Waals surface area contributed by atoms with Crippen molar-refractivity contribution in [2.45, 2.75) is 138 Å². The van der Waals surface area contributed by atoms with Gasteiger partial charge in [-0.1, -0.05) is 62.3 Å². The summed E-state index contributed by atoms with van der Waals surface area (Å²) in [6.07, 6.45) is 17.2. The predicted octanol–water partition coefficient (Wildman–Crippen LogP) is 7.80. The van der Waals surface area contributed by atoms with E-state index in [1.807, 2.05) is 24.9 Å². The van der Waals surface area contributed by atoms with Crippen molar-refractivity contribution in [2.75, 3.05) is 19.6 Å². The quantitative estimate of drug-likeness (QED) is 0.0828. The van der Waals surface area contributed by atoms with E-state index in [0.29, 0.717) is 0 Å². The van der Waals surface area contributed by atoms with E-state index in [0.717, 1.165) is 77.4 Å². The van der Waals surface area contributed by atoms with Crippen molar-refractivity contribution < 1.29 is 0 Å². The second-order valence-corrected chi connectivity index (χ2v) is 17.9. The van der Waals surface area contributed by atoms with Gasteiger partial charge in [-0.25, -0.2) is 0 Å². The monoisotopic (exact) mass is 596 g/mol. The molecule has 3 N–H and O–H groups in total. The number of rotatable bonds is 11. The number of hydrogen-bond acceptors (Lipinski definition) is 6. The van der Waals surface area contributed by atoms with E-state index < -0.39 is 0 Å². The molecule has 6 unspecified atom stereocenters. The Kier molecular flexibility index (Phi) is 11.3. The molecule has 9 heteroatoms. The summed E-state index contributed by atoms with van der Waals surface area (Å²) in [5.41, 5.74) is 19.1. The van der Waals surface area contributed by atoms with Crippen LogP contribution >= 0.6 is 0 Å². The van der Waals surface area contributed by atoms with Gasteiger partial charge in [-0.2, -0.15) is 4.91 Å². The summed E-state index contributed by atoms with van der Waals surface area (Å²) in [7, 11) is 0. The lowest BCUT2D eigenvalue weighted by molar-refractivity contribution is 0.0780. The third-order valence-corrected chi connectivity index (χ3v) is 9.79. The van der Waals surface area contributed by atoms with Crippen molar-refractivity contribution in [3.05, 3.63) is 10.4 Å². The van der Waals surface area contributed by atoms with E-state index in [-0.39, 0.29) is 50.6 Å². The molecular weight excluding hydrogens is 534 g/mol. The molecular formula is C34H61N9. The van der Waals surface area contributed by atoms with E-state index in [1.54, 1.807) is 0 Å². The van der Waals surface area contributed by atoms with Crippen LogP contribution in [0.2, 0.25) is 0 Å². The Balaban J connectivity index is 1.52. The molecule has 0 heterocycles. The molecule has 0 amide bonds. The van der Waals surface area contributed by atoms with Gasteiger partial charge in [0.1, 0.15) is 0 Å². The second kappa shape index (κ2) is 13.8. The molecule has 242 valence electrons. The Labute approximate surface area is 261 Å². The standard InChI is InChI=1S/C34H61N9/c1-29(2)14-26(35)15-32(7,20-29)23-37-10-11-38-24-33(8)18-27(16-30(3,4)21-33)40-13-12-39-25-34(9)19-28(41-43-42-36)17-31(5,6)22-34/h10-13,26-28,41H,14-25,35H2,1-9H3. The summed E-state index contributed by atoms with van der Waals surface area (Å²) in [5.74, 6) is 0. The van der Waals surface area contributed by atoms with Gasteiger partial charge in [-0.15, -0.1) is 5.53 Å². The van der Waals surface area contributed by atoms with Crippen LogP contribution in [-0.2, 0) is 0 Å². The van der Waals surface area contributed by atoms with Gasteiger partial charge in [0.05, 0.1) is 12.1 Å². The fourth-order valence-electron chi connectivity index (χ4n) is 9.71. The van der Waals surface area contributed by atoms with Gasteiger partial charge in [-0.3, -0.25) is 25.4 Å². The van der Waals surface area contributed by atoms with Crippen molar-refractivity contribution >= 4 is 24.9 Å². The van der Waals surface area contributed by atoms with Gasteiger partial charge < -0.3 is 5.73 Å². The van der Waals surface area contributed by atoms with Gasteiger partial charge in [0, 0.05) is 50.5 Å². The minimum absolute atomic E-state index is 0.0546. The van der Waals surface area contributed by atoms with Crippen LogP contribution in [0.1, 0.15) is 120 Å². The van der Waals surface area contributed by atoms with Crippen LogP contribution in [0, 0.1) is 32.5 Å². The summed E-state index contributed by atoms with van der Waals surface area (Å²) in [6, 6.07) is 0.712. The first-order valence-electron chi connectivity index (χ1n) is 16.4. The predicted molar refractivity (Wildman–Crippen MR) is 184 cm³/mol. The van der Waals surface area contributed by atoms with Crippen LogP contribution in [0.4, 0.5) is 0 Å². The largest absolute Gasteiger partial charge is 0.328 e. The molecule has 0 aliphatic heterocycles. The minimum Gasteiger partial charge on any atom is -0.328 e. The molecule has 3 aliphatic rings. The van der Waals surface area contributed by atoms with E-state index in [9.17, 15) is 0 Å². The lowest BCUT2D eigenvalue weighted by Crippen LogP contribution is -2.44. The first-order valence-corrected chi connectivity index (χ1v) is 16.4. The summed E-state index contributed by atoms with van der Waals surface area (Å²) < 4.78 is 0. The summed E-state index contributed by atoms with van der Waals surface area (Å²) in [6.45, 7) is 23.3. The van der Waals surface area contributed by atoms with Crippen LogP contribution in [0.25, 0.3) is 10.4 Å². The topological polar surface area (TPSA) is 136 Å². The number of hydrogen-bond donors (Lipinski definition) is 2. The molecule has 9 nitrogen and oxygen atoms in total. The molecule has 0 spiro atoms. The van der Waals surface area contributed by atoms with Crippen molar-refractivity contribution in [1.82, 2.24) is 5.43 Å². The van der Waals surface area contributed by atoms with Crippen molar-refractivity contribution in [3.63, 3.8) is 0 Å². The molecule has 3 aliphatic carbocycles. The zero-order valence-electron chi connectivity index (χ0n) is 28.7. The molecule has 3 saturated carbocycles. The molecule has 0 radical (unpaired) electrons. The maximum Gasteiger partial charge on any atom is 0.0976 e. The van der Waals surface area contributed by atoms with Gasteiger partial charge in [0.25, 0.3) is 0 Å². The molecule has 0 aromatic rings. The Morgan fingerprint density at radius 1 is 0.651 bits per heavy atom. The summed E-state index contributed by atoms with van der Waals surface area (Å²) >= 11 is 0. The Hall–Kier alpha value is -2.25. The zero-order chi connectivity index (χ0) is 32.0. The fraction of sp³-hybridized carbons (Fsp3) is 0.882. The van der Waals surface area contributed by atoms with Gasteiger partial charge in [0.15, 0.2) is 0 Å². The number of azide groups is 1. The first kappa shape index (κ1) is 35.2. The molecule has 43 heavy (non-hydrogen) atoms. The second-order valence-electron chi connectivity index (χ2n) is 17.9. The van der Waals surface area contributed by atoms with Gasteiger partial charge in [-0.05, 0) is 95.5 Å². The molecule has 3 rings (SSSR count). The highest BCUT2D eigenvalue weighted by atomic mass is 15.4. The van der Waals surface area contributed by atoms with Crippen molar-refractivity contribution in [1.29, 1.82) is 0 Å². The number of aliphatic imine (C=N–C) groups is 4. The summed E-state index contributed by atoms with van der Waals surface area (Å²) in [4.78, 5) is 22.2. The fourth-order valence-corrected chi connectivity index (χ4v) is 9.71. The third kappa shape index (κ3) is 11.6. The van der Waals surface area contributed by atoms with Crippen LogP contribution in [-0.4, -0.2) is 62.6 Å². The Morgan fingerprint density at radius 2 is 1.12 bits per heavy atom. The SMILES string of the molecule is CC1(C)CC(N)CC(C)(CN=CC=NCC2(C)CC(N=CC=NCC3(C)CC(NN=[N+]=[N-])CC(C)(C)C3)CC(C)(C)C2)C1. The van der Waals surface area contributed by atoms with Crippen LogP contribution < -0.4 is 11.2 Å². The minimum atomic E-state index is 0.0546. The molecule has 0 bridgehead atoms. The van der Waals surface area contributed by atoms with Crippen molar-refractivity contribution in [3.8, 4) is 0 Å². The van der Waals surface area contributed by atoms with E-state index in [4.69, 9.17) is 31.2 Å². The summed E-state index contributed by atoms with van der Waals surface area (Å²) in [5, 5.41) is 3.62. The maximum atomic E-state index is 8.71. The lowest BCUT2D eigenvalue weighted by atomic mass is 9.63. The molecule has 6 atom stereocenters. The molecule has 0 aromatic carbocycles. The van der Waals surface area contributed by atoms with Gasteiger partial charge >= 0.3 is 0 Å². The molecule has 3 fully saturated rings. The highest BCUT2D eigenvalue weighted by Crippen LogP contribution is 2.48. The molecule has 0 aromatic heterocycles. The van der Waals surface area contributed by atoms with Crippen LogP contribution in [0.15, 0.2) is 25.2 Å². The Bertz CT molecular complexity index is 1100. The number of nitrogens with zero attached hydrogens (tertiary/aromatic N) is 7. The number of nitrogens with one attached hydrogen (secondary N) is 1. The maximum absolute atomic E-state index is 8.71.